The number of H-pyrrole nitrogens is 1. The van der Waals surface area contributed by atoms with E-state index in [-0.39, 0.29) is 0 Å². The maximum absolute atomic E-state index is 13.1. The first kappa shape index (κ1) is 22.5. The quantitative estimate of drug-likeness (QED) is 0.335. The lowest BCUT2D eigenvalue weighted by Gasteiger charge is -2.35. The maximum atomic E-state index is 13.1. The number of Topliss-reactive ketones (excluding diaryl/α,β-unsaturated/α-hetero) is 1. The number of piperazine rings is 1. The van der Waals surface area contributed by atoms with E-state index >= 15 is 0 Å². The van der Waals surface area contributed by atoms with Crippen LogP contribution in [0.4, 0.5) is 5.82 Å². The highest BCUT2D eigenvalue weighted by molar-refractivity contribution is 6.45. The van der Waals surface area contributed by atoms with Gasteiger partial charge in [-0.25, -0.2) is 4.98 Å². The monoisotopic (exact) mass is 484 g/mol. The fourth-order valence-corrected chi connectivity index (χ4v) is 5.35. The maximum Gasteiger partial charge on any atom is 0.295 e. The van der Waals surface area contributed by atoms with Gasteiger partial charge < -0.3 is 19.3 Å². The molecule has 0 bridgehead atoms. The van der Waals surface area contributed by atoms with Crippen LogP contribution in [0.5, 0.6) is 0 Å². The first-order chi connectivity index (χ1) is 17.6. The van der Waals surface area contributed by atoms with Gasteiger partial charge in [0.2, 0.25) is 11.7 Å². The molecule has 1 amide bonds. The number of ketones is 1. The van der Waals surface area contributed by atoms with Gasteiger partial charge in [-0.15, -0.1) is 0 Å². The van der Waals surface area contributed by atoms with Crippen molar-refractivity contribution in [1.29, 1.82) is 0 Å². The summed E-state index contributed by atoms with van der Waals surface area (Å²) in [5.41, 5.74) is 2.86. The Kier molecular flexibility index (Phi) is 5.75. The Hall–Kier alpha value is -4.01. The number of pyridine rings is 1. The highest BCUT2D eigenvalue weighted by Crippen LogP contribution is 2.34. The molecule has 184 valence electrons. The summed E-state index contributed by atoms with van der Waals surface area (Å²) in [7, 11) is 0. The van der Waals surface area contributed by atoms with Crippen LogP contribution >= 0.6 is 0 Å². The van der Waals surface area contributed by atoms with Gasteiger partial charge >= 0.3 is 0 Å². The number of rotatable bonds is 5. The molecule has 1 aliphatic carbocycles. The summed E-state index contributed by atoms with van der Waals surface area (Å²) in [4.78, 5) is 42.3. The SMILES string of the molecule is Cc1[nH]c2ccccc2c1C(=O)C(=O)N1CCN(c2ccc(-c3noc(C4CCCC4)n3)cn2)CC1. The zero-order chi connectivity index (χ0) is 24.6. The number of fused-ring (bicyclic) bond motifs is 1. The number of hydrogen-bond acceptors (Lipinski definition) is 7. The smallest absolute Gasteiger partial charge is 0.295 e. The van der Waals surface area contributed by atoms with Crippen molar-refractivity contribution in [1.82, 2.24) is 25.0 Å². The summed E-state index contributed by atoms with van der Waals surface area (Å²) in [6.07, 6.45) is 6.42. The van der Waals surface area contributed by atoms with Crippen LogP contribution in [0.2, 0.25) is 0 Å². The molecule has 6 rings (SSSR count). The molecule has 4 heterocycles. The molecule has 2 aliphatic rings. The molecule has 0 radical (unpaired) electrons. The highest BCUT2D eigenvalue weighted by atomic mass is 16.5. The van der Waals surface area contributed by atoms with Crippen LogP contribution in [0.25, 0.3) is 22.3 Å². The Labute approximate surface area is 208 Å². The number of anilines is 1. The number of aromatic amines is 1. The van der Waals surface area contributed by atoms with Crippen molar-refractivity contribution in [2.24, 2.45) is 0 Å². The molecule has 1 aliphatic heterocycles. The lowest BCUT2D eigenvalue weighted by molar-refractivity contribution is -0.126. The minimum atomic E-state index is -0.460. The standard InChI is InChI=1S/C27H28N6O3/c1-17-23(20-8-4-5-9-21(20)29-17)24(34)27(35)33-14-12-32(13-15-33)22-11-10-19(16-28-22)25-30-26(36-31-25)18-6-2-3-7-18/h4-5,8-11,16,18,29H,2-3,6-7,12-15H2,1H3. The number of nitrogens with one attached hydrogen (secondary N) is 1. The summed E-state index contributed by atoms with van der Waals surface area (Å²) >= 11 is 0. The van der Waals surface area contributed by atoms with Crippen LogP contribution in [-0.4, -0.2) is 62.9 Å². The van der Waals surface area contributed by atoms with Crippen molar-refractivity contribution in [3.8, 4) is 11.4 Å². The van der Waals surface area contributed by atoms with E-state index < -0.39 is 11.7 Å². The van der Waals surface area contributed by atoms with Crippen LogP contribution in [0.3, 0.4) is 0 Å². The number of carbonyl (C=O) groups is 2. The summed E-state index contributed by atoms with van der Waals surface area (Å²) < 4.78 is 5.49. The second kappa shape index (κ2) is 9.22. The Morgan fingerprint density at radius 1 is 1.03 bits per heavy atom. The molecule has 36 heavy (non-hydrogen) atoms. The lowest BCUT2D eigenvalue weighted by Crippen LogP contribution is -2.50. The van der Waals surface area contributed by atoms with E-state index in [9.17, 15) is 9.59 Å². The first-order valence-electron chi connectivity index (χ1n) is 12.5. The molecule has 1 aromatic carbocycles. The van der Waals surface area contributed by atoms with Gasteiger partial charge in [0, 0.05) is 60.5 Å². The second-order valence-electron chi connectivity index (χ2n) is 9.62. The zero-order valence-electron chi connectivity index (χ0n) is 20.2. The molecule has 1 saturated carbocycles. The molecule has 0 atom stereocenters. The van der Waals surface area contributed by atoms with Crippen LogP contribution in [-0.2, 0) is 4.79 Å². The normalized spacial score (nSPS) is 16.7. The molecule has 2 fully saturated rings. The zero-order valence-corrected chi connectivity index (χ0v) is 20.2. The number of amides is 1. The fraction of sp³-hybridized carbons (Fsp3) is 0.370. The van der Waals surface area contributed by atoms with Gasteiger partial charge in [-0.3, -0.25) is 9.59 Å². The number of benzene rings is 1. The molecule has 4 aromatic rings. The Morgan fingerprint density at radius 3 is 2.56 bits per heavy atom. The van der Waals surface area contributed by atoms with Crippen molar-refractivity contribution in [2.45, 2.75) is 38.5 Å². The first-order valence-corrected chi connectivity index (χ1v) is 12.5. The third kappa shape index (κ3) is 4.04. The van der Waals surface area contributed by atoms with E-state index in [1.54, 1.807) is 11.1 Å². The van der Waals surface area contributed by atoms with E-state index in [0.717, 1.165) is 46.7 Å². The lowest BCUT2D eigenvalue weighted by atomic mass is 10.1. The molecular formula is C27H28N6O3. The van der Waals surface area contributed by atoms with Gasteiger partial charge in [0.15, 0.2) is 0 Å². The van der Waals surface area contributed by atoms with E-state index in [1.165, 1.54) is 12.8 Å². The number of para-hydroxylation sites is 1. The van der Waals surface area contributed by atoms with Gasteiger partial charge in [-0.1, -0.05) is 36.2 Å². The van der Waals surface area contributed by atoms with Gasteiger partial charge in [0.25, 0.3) is 11.7 Å². The van der Waals surface area contributed by atoms with Crippen molar-refractivity contribution in [3.05, 3.63) is 59.7 Å². The van der Waals surface area contributed by atoms with E-state index in [4.69, 9.17) is 4.52 Å². The van der Waals surface area contributed by atoms with Crippen LogP contribution in [0, 0.1) is 6.92 Å². The average molecular weight is 485 g/mol. The minimum absolute atomic E-state index is 0.379. The van der Waals surface area contributed by atoms with Crippen molar-refractivity contribution < 1.29 is 14.1 Å². The number of aromatic nitrogens is 4. The van der Waals surface area contributed by atoms with Gasteiger partial charge in [0.05, 0.1) is 5.56 Å². The van der Waals surface area contributed by atoms with E-state index in [0.29, 0.717) is 43.5 Å². The van der Waals surface area contributed by atoms with E-state index in [1.807, 2.05) is 43.3 Å². The van der Waals surface area contributed by atoms with Gasteiger partial charge in [-0.2, -0.15) is 4.98 Å². The predicted molar refractivity (Wildman–Crippen MR) is 135 cm³/mol. The van der Waals surface area contributed by atoms with Crippen LogP contribution < -0.4 is 4.90 Å². The van der Waals surface area contributed by atoms with Crippen molar-refractivity contribution in [2.75, 3.05) is 31.1 Å². The van der Waals surface area contributed by atoms with Gasteiger partial charge in [0.1, 0.15) is 5.82 Å². The van der Waals surface area contributed by atoms with Gasteiger partial charge in [-0.05, 0) is 38.0 Å². The minimum Gasteiger partial charge on any atom is -0.358 e. The van der Waals surface area contributed by atoms with Crippen molar-refractivity contribution >= 4 is 28.4 Å². The molecule has 1 saturated heterocycles. The highest BCUT2D eigenvalue weighted by Gasteiger charge is 2.30. The molecular weight excluding hydrogens is 456 g/mol. The number of nitrogens with zero attached hydrogens (tertiary/aromatic N) is 5. The van der Waals surface area contributed by atoms with Crippen LogP contribution in [0.15, 0.2) is 47.1 Å². The number of carbonyl (C=O) groups excluding carboxylic acids is 2. The van der Waals surface area contributed by atoms with Crippen molar-refractivity contribution in [3.63, 3.8) is 0 Å². The summed E-state index contributed by atoms with van der Waals surface area (Å²) in [5.74, 6) is 1.58. The summed E-state index contributed by atoms with van der Waals surface area (Å²) in [5, 5.41) is 4.93. The summed E-state index contributed by atoms with van der Waals surface area (Å²) in [6, 6.07) is 11.5. The molecule has 3 aromatic heterocycles. The molecule has 9 nitrogen and oxygen atoms in total. The van der Waals surface area contributed by atoms with E-state index in [2.05, 4.69) is 25.0 Å². The molecule has 0 unspecified atom stereocenters. The van der Waals surface area contributed by atoms with Crippen LogP contribution in [0.1, 0.15) is 53.5 Å². The number of aryl methyl sites for hydroxylation is 1. The third-order valence-corrected chi connectivity index (χ3v) is 7.36. The fourth-order valence-electron chi connectivity index (χ4n) is 5.35. The molecule has 0 spiro atoms. The summed E-state index contributed by atoms with van der Waals surface area (Å²) in [6.45, 7) is 3.96. The second-order valence-corrected chi connectivity index (χ2v) is 9.62. The number of hydrogen-bond donors (Lipinski definition) is 1. The largest absolute Gasteiger partial charge is 0.358 e. The third-order valence-electron chi connectivity index (χ3n) is 7.36. The Morgan fingerprint density at radius 2 is 1.81 bits per heavy atom. The topological polar surface area (TPSA) is 108 Å². The Bertz CT molecular complexity index is 1410. The molecule has 9 heteroatoms. The predicted octanol–water partition coefficient (Wildman–Crippen LogP) is 4.11. The molecule has 1 N–H and O–H groups in total. The average Bonchev–Trinajstić information content (AvgIpc) is 3.67. The Balaban J connectivity index is 1.09.